The van der Waals surface area contributed by atoms with Crippen molar-refractivity contribution in [1.29, 1.82) is 0 Å². The standard InChI is InChI=1S/C14H22O2Si/c1-4-12-6-8-13(9-7-12)15-11-5-10-14(2,3)16-17/h4,6-9H,1,5,10-11H2,2-3,17H3. The summed E-state index contributed by atoms with van der Waals surface area (Å²) in [5, 5.41) is 0. The molecule has 1 aromatic carbocycles. The Hall–Kier alpha value is -1.06. The summed E-state index contributed by atoms with van der Waals surface area (Å²) in [5.74, 6) is 0.917. The lowest BCUT2D eigenvalue weighted by Gasteiger charge is -2.23. The molecule has 0 fully saturated rings. The van der Waals surface area contributed by atoms with Crippen LogP contribution in [-0.2, 0) is 4.43 Å². The van der Waals surface area contributed by atoms with Gasteiger partial charge in [0.15, 0.2) is 0 Å². The zero-order valence-corrected chi connectivity index (χ0v) is 13.0. The lowest BCUT2D eigenvalue weighted by atomic mass is 10.0. The van der Waals surface area contributed by atoms with Crippen LogP contribution >= 0.6 is 0 Å². The second-order valence-corrected chi connectivity index (χ2v) is 5.10. The van der Waals surface area contributed by atoms with Crippen LogP contribution in [0.3, 0.4) is 0 Å². The third kappa shape index (κ3) is 5.19. The maximum Gasteiger partial charge on any atom is 0.146 e. The van der Waals surface area contributed by atoms with Gasteiger partial charge >= 0.3 is 0 Å². The van der Waals surface area contributed by atoms with Gasteiger partial charge in [0.1, 0.15) is 16.2 Å². The second-order valence-electron chi connectivity index (χ2n) is 4.69. The molecule has 1 aromatic rings. The third-order valence-corrected chi connectivity index (χ3v) is 3.97. The Morgan fingerprint density at radius 1 is 1.29 bits per heavy atom. The van der Waals surface area contributed by atoms with Crippen LogP contribution < -0.4 is 4.74 Å². The fourth-order valence-corrected chi connectivity index (χ4v) is 1.69. The minimum atomic E-state index is 0.00226. The van der Waals surface area contributed by atoms with Crippen molar-refractivity contribution in [2.24, 2.45) is 0 Å². The summed E-state index contributed by atoms with van der Waals surface area (Å²) in [6.45, 7) is 8.71. The highest BCUT2D eigenvalue weighted by Gasteiger charge is 2.14. The van der Waals surface area contributed by atoms with Gasteiger partial charge in [-0.2, -0.15) is 0 Å². The van der Waals surface area contributed by atoms with E-state index in [1.165, 1.54) is 0 Å². The summed E-state index contributed by atoms with van der Waals surface area (Å²) in [4.78, 5) is 0. The number of hydrogen-bond donors (Lipinski definition) is 0. The number of rotatable bonds is 7. The molecule has 0 spiro atoms. The van der Waals surface area contributed by atoms with E-state index < -0.39 is 0 Å². The van der Waals surface area contributed by atoms with Gasteiger partial charge in [-0.05, 0) is 44.4 Å². The first-order chi connectivity index (χ1) is 8.07. The van der Waals surface area contributed by atoms with Crippen LogP contribution in [0.5, 0.6) is 5.75 Å². The first-order valence-corrected chi connectivity index (χ1v) is 6.79. The molecule has 94 valence electrons. The summed E-state index contributed by atoms with van der Waals surface area (Å²) >= 11 is 0. The zero-order chi connectivity index (χ0) is 12.7. The van der Waals surface area contributed by atoms with E-state index in [1.54, 1.807) is 0 Å². The van der Waals surface area contributed by atoms with Gasteiger partial charge in [0.05, 0.1) is 6.61 Å². The summed E-state index contributed by atoms with van der Waals surface area (Å²) in [7, 11) is 0.790. The minimum absolute atomic E-state index is 0.00226. The highest BCUT2D eigenvalue weighted by Crippen LogP contribution is 2.17. The Labute approximate surface area is 107 Å². The summed E-state index contributed by atoms with van der Waals surface area (Å²) < 4.78 is 11.2. The van der Waals surface area contributed by atoms with E-state index in [4.69, 9.17) is 9.16 Å². The van der Waals surface area contributed by atoms with E-state index >= 15 is 0 Å². The molecule has 0 unspecified atom stereocenters. The van der Waals surface area contributed by atoms with Crippen LogP contribution in [0.15, 0.2) is 30.8 Å². The molecule has 0 aromatic heterocycles. The molecule has 0 aliphatic rings. The van der Waals surface area contributed by atoms with Gasteiger partial charge in [-0.25, -0.2) is 0 Å². The number of ether oxygens (including phenoxy) is 1. The first-order valence-electron chi connectivity index (χ1n) is 5.98. The van der Waals surface area contributed by atoms with Crippen molar-refractivity contribution in [3.63, 3.8) is 0 Å². The monoisotopic (exact) mass is 250 g/mol. The van der Waals surface area contributed by atoms with Gasteiger partial charge in [0, 0.05) is 5.60 Å². The van der Waals surface area contributed by atoms with Crippen LogP contribution in [-0.4, -0.2) is 22.7 Å². The van der Waals surface area contributed by atoms with Gasteiger partial charge in [0.2, 0.25) is 0 Å². The molecular weight excluding hydrogens is 228 g/mol. The van der Waals surface area contributed by atoms with Crippen LogP contribution in [0.1, 0.15) is 32.3 Å². The van der Waals surface area contributed by atoms with Gasteiger partial charge in [0.25, 0.3) is 0 Å². The molecule has 0 N–H and O–H groups in total. The Morgan fingerprint density at radius 2 is 1.94 bits per heavy atom. The predicted octanol–water partition coefficient (Wildman–Crippen LogP) is 2.56. The van der Waals surface area contributed by atoms with Crippen molar-refractivity contribution < 1.29 is 9.16 Å². The largest absolute Gasteiger partial charge is 0.494 e. The first kappa shape index (κ1) is 14.0. The molecule has 0 atom stereocenters. The molecule has 0 heterocycles. The number of hydrogen-bond acceptors (Lipinski definition) is 2. The molecule has 0 amide bonds. The molecule has 2 nitrogen and oxygen atoms in total. The van der Waals surface area contributed by atoms with E-state index in [-0.39, 0.29) is 5.60 Å². The summed E-state index contributed by atoms with van der Waals surface area (Å²) in [6, 6.07) is 7.97. The zero-order valence-electron chi connectivity index (χ0n) is 11.0. The van der Waals surface area contributed by atoms with Crippen molar-refractivity contribution >= 4 is 16.6 Å². The Balaban J connectivity index is 2.28. The lowest BCUT2D eigenvalue weighted by molar-refractivity contribution is 0.103. The second kappa shape index (κ2) is 6.62. The maximum absolute atomic E-state index is 5.67. The van der Waals surface area contributed by atoms with Crippen molar-refractivity contribution in [3.8, 4) is 5.75 Å². The summed E-state index contributed by atoms with van der Waals surface area (Å²) in [5.41, 5.74) is 1.12. The van der Waals surface area contributed by atoms with Crippen LogP contribution in [0.2, 0.25) is 0 Å². The molecule has 0 radical (unpaired) electrons. The Morgan fingerprint density at radius 3 is 2.47 bits per heavy atom. The van der Waals surface area contributed by atoms with E-state index in [2.05, 4.69) is 20.4 Å². The molecule has 0 saturated heterocycles. The van der Waals surface area contributed by atoms with Crippen LogP contribution in [0.25, 0.3) is 6.08 Å². The molecule has 0 aliphatic heterocycles. The Kier molecular flexibility index (Phi) is 5.45. The topological polar surface area (TPSA) is 18.5 Å². The quantitative estimate of drug-likeness (QED) is 0.547. The average molecular weight is 250 g/mol. The van der Waals surface area contributed by atoms with Crippen molar-refractivity contribution in [2.45, 2.75) is 32.3 Å². The van der Waals surface area contributed by atoms with Gasteiger partial charge in [-0.15, -0.1) is 0 Å². The summed E-state index contributed by atoms with van der Waals surface area (Å²) in [6.07, 6.45) is 3.87. The molecule has 0 bridgehead atoms. The molecule has 1 rings (SSSR count). The molecule has 3 heteroatoms. The predicted molar refractivity (Wildman–Crippen MR) is 76.4 cm³/mol. The van der Waals surface area contributed by atoms with E-state index in [0.717, 1.165) is 41.2 Å². The minimum Gasteiger partial charge on any atom is -0.494 e. The van der Waals surface area contributed by atoms with E-state index in [0.29, 0.717) is 0 Å². The van der Waals surface area contributed by atoms with Crippen molar-refractivity contribution in [3.05, 3.63) is 36.4 Å². The Bertz CT molecular complexity index is 344. The van der Waals surface area contributed by atoms with Crippen molar-refractivity contribution in [2.75, 3.05) is 6.61 Å². The smallest absolute Gasteiger partial charge is 0.146 e. The van der Waals surface area contributed by atoms with Crippen molar-refractivity contribution in [1.82, 2.24) is 0 Å². The molecule has 0 aliphatic carbocycles. The lowest BCUT2D eigenvalue weighted by Crippen LogP contribution is -2.23. The number of benzene rings is 1. The molecule has 17 heavy (non-hydrogen) atoms. The van der Waals surface area contributed by atoms with Gasteiger partial charge in [-0.1, -0.05) is 24.8 Å². The van der Waals surface area contributed by atoms with E-state index in [1.807, 2.05) is 30.3 Å². The fourth-order valence-electron chi connectivity index (χ4n) is 1.49. The SMILES string of the molecule is C=Cc1ccc(OCCCC(C)(C)O[SiH3])cc1. The third-order valence-electron chi connectivity index (χ3n) is 2.86. The van der Waals surface area contributed by atoms with Crippen LogP contribution in [0.4, 0.5) is 0 Å². The highest BCUT2D eigenvalue weighted by atomic mass is 28.2. The fraction of sp³-hybridized carbons (Fsp3) is 0.429. The average Bonchev–Trinajstić information content (AvgIpc) is 2.35. The normalized spacial score (nSPS) is 11.4. The van der Waals surface area contributed by atoms with E-state index in [9.17, 15) is 0 Å². The van der Waals surface area contributed by atoms with Crippen LogP contribution in [0, 0.1) is 0 Å². The van der Waals surface area contributed by atoms with Gasteiger partial charge in [-0.3, -0.25) is 0 Å². The highest BCUT2D eigenvalue weighted by molar-refractivity contribution is 5.98. The molecule has 0 saturated carbocycles. The van der Waals surface area contributed by atoms with Gasteiger partial charge < -0.3 is 9.16 Å². The molecular formula is C14H22O2Si. The maximum atomic E-state index is 5.67.